The third kappa shape index (κ3) is 4.68. The van der Waals surface area contributed by atoms with Gasteiger partial charge in [0.05, 0.1) is 0 Å². The molecule has 1 saturated heterocycles. The summed E-state index contributed by atoms with van der Waals surface area (Å²) in [6.45, 7) is 5.78. The lowest BCUT2D eigenvalue weighted by molar-refractivity contribution is -0.128. The molecule has 31 heavy (non-hydrogen) atoms. The maximum absolute atomic E-state index is 12.5. The van der Waals surface area contributed by atoms with Gasteiger partial charge in [-0.15, -0.1) is 0 Å². The van der Waals surface area contributed by atoms with Crippen LogP contribution in [-0.2, 0) is 11.3 Å². The summed E-state index contributed by atoms with van der Waals surface area (Å²) in [6.07, 6.45) is 9.36. The van der Waals surface area contributed by atoms with Crippen LogP contribution in [0, 0.1) is 0 Å². The Labute approximate surface area is 182 Å². The lowest BCUT2D eigenvalue weighted by Crippen LogP contribution is -2.38. The minimum atomic E-state index is -0.0861. The summed E-state index contributed by atoms with van der Waals surface area (Å²) in [7, 11) is 0. The lowest BCUT2D eigenvalue weighted by atomic mass is 9.88. The van der Waals surface area contributed by atoms with Crippen LogP contribution in [0.4, 0.5) is 0 Å². The van der Waals surface area contributed by atoms with Crippen molar-refractivity contribution in [2.24, 2.45) is 0 Å². The number of amides is 2. The number of nitrogens with zero attached hydrogens (tertiary/aromatic N) is 3. The number of hydrogen-bond acceptors (Lipinski definition) is 3. The van der Waals surface area contributed by atoms with Crippen LogP contribution in [0.1, 0.15) is 54.1 Å². The van der Waals surface area contributed by atoms with Gasteiger partial charge in [0, 0.05) is 49.4 Å². The molecule has 0 atom stereocenters. The van der Waals surface area contributed by atoms with Gasteiger partial charge in [0.2, 0.25) is 5.91 Å². The fourth-order valence-corrected chi connectivity index (χ4v) is 4.04. The average Bonchev–Trinajstić information content (AvgIpc) is 3.29. The summed E-state index contributed by atoms with van der Waals surface area (Å²) in [6, 6.07) is 11.8. The molecule has 160 valence electrons. The van der Waals surface area contributed by atoms with E-state index < -0.39 is 0 Å². The third-order valence-electron chi connectivity index (χ3n) is 6.11. The van der Waals surface area contributed by atoms with E-state index in [1.807, 2.05) is 78.0 Å². The number of carbonyl (C=O) groups is 2. The van der Waals surface area contributed by atoms with Gasteiger partial charge in [-0.25, -0.2) is 4.98 Å². The molecule has 6 nitrogen and oxygen atoms in total. The standard InChI is InChI=1S/C25H28N4O2/c1-3-18(2)25(31)29-13-9-21(10-14-29)20-4-6-22(7-5-20)24(30)27-17-19-8-12-28-15-11-26-23(28)16-19/h3-8,11-12,15-16,21H,9-10,13-14,17H2,1-2H3,(H,27,30)/b18-3+. The second kappa shape index (κ2) is 9.16. The molecule has 3 heterocycles. The minimum absolute atomic E-state index is 0.0861. The number of aromatic nitrogens is 2. The van der Waals surface area contributed by atoms with E-state index >= 15 is 0 Å². The number of fused-ring (bicyclic) bond motifs is 1. The van der Waals surface area contributed by atoms with Crippen LogP contribution in [0.15, 0.2) is 66.6 Å². The van der Waals surface area contributed by atoms with E-state index in [0.717, 1.165) is 42.7 Å². The van der Waals surface area contributed by atoms with Crippen molar-refractivity contribution < 1.29 is 9.59 Å². The highest BCUT2D eigenvalue weighted by Gasteiger charge is 2.24. The molecule has 2 aromatic heterocycles. The molecule has 0 radical (unpaired) electrons. The van der Waals surface area contributed by atoms with Crippen molar-refractivity contribution in [1.82, 2.24) is 19.6 Å². The van der Waals surface area contributed by atoms with E-state index in [9.17, 15) is 9.59 Å². The van der Waals surface area contributed by atoms with Crippen LogP contribution < -0.4 is 5.32 Å². The molecule has 1 aliphatic rings. The van der Waals surface area contributed by atoms with Crippen molar-refractivity contribution in [2.75, 3.05) is 13.1 Å². The van der Waals surface area contributed by atoms with Crippen molar-refractivity contribution in [3.05, 3.63) is 83.3 Å². The van der Waals surface area contributed by atoms with Crippen molar-refractivity contribution in [3.8, 4) is 0 Å². The molecule has 0 saturated carbocycles. The number of carbonyl (C=O) groups excluding carboxylic acids is 2. The van der Waals surface area contributed by atoms with E-state index in [-0.39, 0.29) is 11.8 Å². The number of piperidine rings is 1. The van der Waals surface area contributed by atoms with Crippen molar-refractivity contribution in [2.45, 2.75) is 39.2 Å². The summed E-state index contributed by atoms with van der Waals surface area (Å²) in [5.41, 5.74) is 4.57. The van der Waals surface area contributed by atoms with Gasteiger partial charge in [-0.1, -0.05) is 18.2 Å². The molecule has 1 fully saturated rings. The number of imidazole rings is 1. The second-order valence-electron chi connectivity index (χ2n) is 8.07. The maximum Gasteiger partial charge on any atom is 0.251 e. The zero-order chi connectivity index (χ0) is 21.8. The highest BCUT2D eigenvalue weighted by Crippen LogP contribution is 2.28. The third-order valence-corrected chi connectivity index (χ3v) is 6.11. The summed E-state index contributed by atoms with van der Waals surface area (Å²) in [5, 5.41) is 2.98. The number of likely N-dealkylation sites (tertiary alicyclic amines) is 1. The van der Waals surface area contributed by atoms with Crippen LogP contribution in [0.5, 0.6) is 0 Å². The van der Waals surface area contributed by atoms with Crippen LogP contribution >= 0.6 is 0 Å². The largest absolute Gasteiger partial charge is 0.348 e. The zero-order valence-electron chi connectivity index (χ0n) is 18.0. The SMILES string of the molecule is C/C=C(\C)C(=O)N1CCC(c2ccc(C(=O)NCc3ccn4ccnc4c3)cc2)CC1. The average molecular weight is 417 g/mol. The van der Waals surface area contributed by atoms with Crippen molar-refractivity contribution in [3.63, 3.8) is 0 Å². The van der Waals surface area contributed by atoms with Crippen LogP contribution in [-0.4, -0.2) is 39.2 Å². The second-order valence-corrected chi connectivity index (χ2v) is 8.07. The molecular weight excluding hydrogens is 388 g/mol. The Bertz CT molecular complexity index is 1110. The van der Waals surface area contributed by atoms with Gasteiger partial charge in [-0.05, 0) is 68.0 Å². The molecule has 2 amide bonds. The van der Waals surface area contributed by atoms with Crippen LogP contribution in [0.2, 0.25) is 0 Å². The molecule has 1 N–H and O–H groups in total. The van der Waals surface area contributed by atoms with Gasteiger partial charge < -0.3 is 14.6 Å². The lowest BCUT2D eigenvalue weighted by Gasteiger charge is -2.32. The van der Waals surface area contributed by atoms with E-state index in [1.54, 1.807) is 6.20 Å². The molecule has 0 unspecified atom stereocenters. The topological polar surface area (TPSA) is 66.7 Å². The Morgan fingerprint density at radius 1 is 1.13 bits per heavy atom. The predicted molar refractivity (Wildman–Crippen MR) is 121 cm³/mol. The quantitative estimate of drug-likeness (QED) is 0.641. The van der Waals surface area contributed by atoms with E-state index in [0.29, 0.717) is 18.0 Å². The fourth-order valence-electron chi connectivity index (χ4n) is 4.04. The van der Waals surface area contributed by atoms with Gasteiger partial charge in [0.25, 0.3) is 5.91 Å². The van der Waals surface area contributed by atoms with Crippen LogP contribution in [0.3, 0.4) is 0 Å². The molecule has 3 aromatic rings. The fraction of sp³-hybridized carbons (Fsp3) is 0.320. The Morgan fingerprint density at radius 2 is 1.87 bits per heavy atom. The summed E-state index contributed by atoms with van der Waals surface area (Å²) >= 11 is 0. The summed E-state index contributed by atoms with van der Waals surface area (Å²) in [4.78, 5) is 31.1. The van der Waals surface area contributed by atoms with E-state index in [4.69, 9.17) is 0 Å². The van der Waals surface area contributed by atoms with Crippen molar-refractivity contribution in [1.29, 1.82) is 0 Å². The van der Waals surface area contributed by atoms with Crippen molar-refractivity contribution >= 4 is 17.5 Å². The van der Waals surface area contributed by atoms with E-state index in [1.165, 1.54) is 5.56 Å². The first kappa shape index (κ1) is 20.8. The number of benzene rings is 1. The first-order valence-electron chi connectivity index (χ1n) is 10.8. The normalized spacial score (nSPS) is 15.3. The van der Waals surface area contributed by atoms with Gasteiger partial charge in [-0.2, -0.15) is 0 Å². The molecule has 1 aromatic carbocycles. The molecule has 4 rings (SSSR count). The number of pyridine rings is 1. The molecule has 0 spiro atoms. The number of allylic oxidation sites excluding steroid dienone is 1. The van der Waals surface area contributed by atoms with Gasteiger partial charge in [-0.3, -0.25) is 9.59 Å². The highest BCUT2D eigenvalue weighted by molar-refractivity contribution is 5.94. The van der Waals surface area contributed by atoms with Gasteiger partial charge >= 0.3 is 0 Å². The first-order valence-corrected chi connectivity index (χ1v) is 10.8. The van der Waals surface area contributed by atoms with Gasteiger partial charge in [0.15, 0.2) is 0 Å². The smallest absolute Gasteiger partial charge is 0.251 e. The number of hydrogen-bond donors (Lipinski definition) is 1. The Kier molecular flexibility index (Phi) is 6.16. The summed E-state index contributed by atoms with van der Waals surface area (Å²) in [5.74, 6) is 0.477. The Hall–Kier alpha value is -3.41. The van der Waals surface area contributed by atoms with Crippen LogP contribution in [0.25, 0.3) is 5.65 Å². The maximum atomic E-state index is 12.5. The Morgan fingerprint density at radius 3 is 2.58 bits per heavy atom. The molecule has 1 aliphatic heterocycles. The molecule has 0 bridgehead atoms. The Balaban J connectivity index is 1.31. The monoisotopic (exact) mass is 416 g/mol. The molecule has 0 aliphatic carbocycles. The molecule has 6 heteroatoms. The highest BCUT2D eigenvalue weighted by atomic mass is 16.2. The zero-order valence-corrected chi connectivity index (χ0v) is 18.0. The minimum Gasteiger partial charge on any atom is -0.348 e. The first-order chi connectivity index (χ1) is 15.0. The molecular formula is C25H28N4O2. The summed E-state index contributed by atoms with van der Waals surface area (Å²) < 4.78 is 1.94. The van der Waals surface area contributed by atoms with Gasteiger partial charge in [0.1, 0.15) is 5.65 Å². The number of rotatable bonds is 5. The van der Waals surface area contributed by atoms with E-state index in [2.05, 4.69) is 10.3 Å². The number of nitrogens with one attached hydrogen (secondary N) is 1. The predicted octanol–water partition coefficient (Wildman–Crippen LogP) is 3.94.